The lowest BCUT2D eigenvalue weighted by Crippen LogP contribution is -2.42. The Morgan fingerprint density at radius 1 is 1.07 bits per heavy atom. The van der Waals surface area contributed by atoms with E-state index < -0.39 is 22.3 Å². The molecule has 0 spiro atoms. The van der Waals surface area contributed by atoms with Gasteiger partial charge >= 0.3 is 5.69 Å². The maximum atomic E-state index is 12.9. The van der Waals surface area contributed by atoms with Crippen LogP contribution in [0.2, 0.25) is 0 Å². The van der Waals surface area contributed by atoms with Gasteiger partial charge in [0, 0.05) is 39.1 Å². The summed E-state index contributed by atoms with van der Waals surface area (Å²) in [6.45, 7) is 1.65. The highest BCUT2D eigenvalue weighted by atomic mass is 32.2. The molecule has 0 radical (unpaired) electrons. The van der Waals surface area contributed by atoms with Crippen molar-refractivity contribution in [1.29, 1.82) is 0 Å². The van der Waals surface area contributed by atoms with E-state index >= 15 is 0 Å². The predicted molar refractivity (Wildman–Crippen MR) is 105 cm³/mol. The Morgan fingerprint density at radius 3 is 2.36 bits per heavy atom. The minimum Gasteiger partial charge on any atom is -0.384 e. The average molecular weight is 401 g/mol. The largest absolute Gasteiger partial charge is 0.384 e. The zero-order valence-corrected chi connectivity index (χ0v) is 16.6. The summed E-state index contributed by atoms with van der Waals surface area (Å²) < 4.78 is 3.70. The van der Waals surface area contributed by atoms with E-state index in [0.717, 1.165) is 26.5 Å². The molecule has 0 amide bonds. The highest BCUT2D eigenvalue weighted by Crippen LogP contribution is 2.27. The molecule has 146 valence electrons. The molecule has 0 saturated heterocycles. The molecule has 1 atom stereocenters. The number of carbonyl (C=O) groups is 1. The monoisotopic (exact) mass is 401 g/mol. The first kappa shape index (κ1) is 19.5. The molecule has 0 fully saturated rings. The lowest BCUT2D eigenvalue weighted by molar-refractivity contribution is 0.0992. The van der Waals surface area contributed by atoms with Crippen molar-refractivity contribution in [2.24, 2.45) is 21.1 Å². The topological polar surface area (TPSA) is 131 Å². The van der Waals surface area contributed by atoms with E-state index in [2.05, 4.69) is 15.2 Å². The maximum absolute atomic E-state index is 12.9. The van der Waals surface area contributed by atoms with Crippen LogP contribution in [0.25, 0.3) is 11.4 Å². The number of ketones is 1. The zero-order valence-electron chi connectivity index (χ0n) is 15.8. The maximum Gasteiger partial charge on any atom is 0.332 e. The zero-order chi connectivity index (χ0) is 20.6. The Bertz CT molecular complexity index is 1160. The van der Waals surface area contributed by atoms with Crippen molar-refractivity contribution in [3.05, 3.63) is 50.9 Å². The van der Waals surface area contributed by atoms with Crippen molar-refractivity contribution in [3.8, 4) is 11.4 Å². The van der Waals surface area contributed by atoms with Gasteiger partial charge in [-0.3, -0.25) is 23.7 Å². The summed E-state index contributed by atoms with van der Waals surface area (Å²) in [5.74, 6) is -0.00441. The Balaban J connectivity index is 1.92. The lowest BCUT2D eigenvalue weighted by Gasteiger charge is -2.14. The fraction of sp³-hybridized carbons (Fsp3) is 0.294. The molecule has 28 heavy (non-hydrogen) atoms. The summed E-state index contributed by atoms with van der Waals surface area (Å²) in [7, 11) is 4.51. The standard InChI is InChI=1S/C17H19N7O3S/c1-9(12(25)11-13(18)22(2)17(27)24(4)15(11)26)28-16-21-20-14(23(16)3)10-5-7-19-8-6-10/h5-9H,18H2,1-4H3/t9-/m1/s1. The molecule has 0 aromatic carbocycles. The molecule has 3 rings (SSSR count). The van der Waals surface area contributed by atoms with Crippen molar-refractivity contribution in [1.82, 2.24) is 28.9 Å². The number of carbonyl (C=O) groups excluding carboxylic acids is 1. The summed E-state index contributed by atoms with van der Waals surface area (Å²) in [5.41, 5.74) is 5.21. The smallest absolute Gasteiger partial charge is 0.332 e. The van der Waals surface area contributed by atoms with Gasteiger partial charge in [0.1, 0.15) is 11.4 Å². The second-order valence-electron chi connectivity index (χ2n) is 6.19. The van der Waals surface area contributed by atoms with Gasteiger partial charge in [-0.15, -0.1) is 10.2 Å². The van der Waals surface area contributed by atoms with Crippen LogP contribution in [0.15, 0.2) is 39.3 Å². The van der Waals surface area contributed by atoms with Crippen molar-refractivity contribution in [2.45, 2.75) is 17.3 Å². The number of nitrogens with two attached hydrogens (primary N) is 1. The Morgan fingerprint density at radius 2 is 1.71 bits per heavy atom. The highest BCUT2D eigenvalue weighted by molar-refractivity contribution is 8.00. The molecule has 3 aromatic heterocycles. The molecular formula is C17H19N7O3S. The molecule has 0 saturated carbocycles. The van der Waals surface area contributed by atoms with E-state index in [1.165, 1.54) is 14.1 Å². The highest BCUT2D eigenvalue weighted by Gasteiger charge is 2.27. The molecule has 0 aliphatic rings. The quantitative estimate of drug-likeness (QED) is 0.474. The molecule has 0 bridgehead atoms. The SMILES string of the molecule is C[C@@H](Sc1nnc(-c2ccncc2)n1C)C(=O)c1c(N)n(C)c(=O)n(C)c1=O. The van der Waals surface area contributed by atoms with Gasteiger partial charge in [-0.25, -0.2) is 4.79 Å². The van der Waals surface area contributed by atoms with Gasteiger partial charge in [0.2, 0.25) is 0 Å². The molecular weight excluding hydrogens is 382 g/mol. The minimum atomic E-state index is -0.714. The van der Waals surface area contributed by atoms with Crippen LogP contribution < -0.4 is 17.0 Å². The molecule has 0 aliphatic heterocycles. The fourth-order valence-electron chi connectivity index (χ4n) is 2.68. The van der Waals surface area contributed by atoms with Gasteiger partial charge in [0.05, 0.1) is 5.25 Å². The third kappa shape index (κ3) is 3.24. The third-order valence-electron chi connectivity index (χ3n) is 4.38. The summed E-state index contributed by atoms with van der Waals surface area (Å²) in [6.07, 6.45) is 3.31. The Labute approximate surface area is 164 Å². The molecule has 10 nitrogen and oxygen atoms in total. The summed E-state index contributed by atoms with van der Waals surface area (Å²) in [4.78, 5) is 41.2. The van der Waals surface area contributed by atoms with Gasteiger partial charge in [-0.05, 0) is 19.1 Å². The van der Waals surface area contributed by atoms with Gasteiger partial charge < -0.3 is 10.3 Å². The number of rotatable bonds is 5. The normalized spacial score (nSPS) is 12.1. The van der Waals surface area contributed by atoms with Crippen LogP contribution in [-0.2, 0) is 21.1 Å². The number of thioether (sulfide) groups is 1. The van der Waals surface area contributed by atoms with Crippen LogP contribution in [-0.4, -0.2) is 39.9 Å². The van der Waals surface area contributed by atoms with Crippen molar-refractivity contribution in [3.63, 3.8) is 0 Å². The second kappa shape index (κ2) is 7.43. The molecule has 3 heterocycles. The van der Waals surface area contributed by atoms with E-state index in [4.69, 9.17) is 5.73 Å². The van der Waals surface area contributed by atoms with Crippen LogP contribution in [0.3, 0.4) is 0 Å². The lowest BCUT2D eigenvalue weighted by atomic mass is 10.1. The number of hydrogen-bond donors (Lipinski definition) is 1. The number of nitrogens with zero attached hydrogens (tertiary/aromatic N) is 6. The first-order valence-corrected chi connectivity index (χ1v) is 9.18. The van der Waals surface area contributed by atoms with E-state index in [0.29, 0.717) is 11.0 Å². The van der Waals surface area contributed by atoms with Gasteiger partial charge in [0.15, 0.2) is 16.8 Å². The first-order chi connectivity index (χ1) is 13.2. The van der Waals surface area contributed by atoms with Crippen LogP contribution in [0.5, 0.6) is 0 Å². The fourth-order valence-corrected chi connectivity index (χ4v) is 3.55. The van der Waals surface area contributed by atoms with Crippen LogP contribution in [0.4, 0.5) is 5.82 Å². The van der Waals surface area contributed by atoms with Crippen LogP contribution in [0, 0.1) is 0 Å². The van der Waals surface area contributed by atoms with E-state index in [-0.39, 0.29) is 11.4 Å². The molecule has 0 aliphatic carbocycles. The van der Waals surface area contributed by atoms with Crippen molar-refractivity contribution in [2.75, 3.05) is 5.73 Å². The Kier molecular flexibility index (Phi) is 5.18. The van der Waals surface area contributed by atoms with Gasteiger partial charge in [-0.1, -0.05) is 11.8 Å². The molecule has 3 aromatic rings. The summed E-state index contributed by atoms with van der Waals surface area (Å²) in [5, 5.41) is 8.14. The van der Waals surface area contributed by atoms with E-state index in [1.54, 1.807) is 30.9 Å². The van der Waals surface area contributed by atoms with Crippen LogP contribution in [0.1, 0.15) is 17.3 Å². The number of Topliss-reactive ketones (excluding diaryl/α,β-unsaturated/α-hetero) is 1. The van der Waals surface area contributed by atoms with E-state index in [9.17, 15) is 14.4 Å². The van der Waals surface area contributed by atoms with Crippen LogP contribution >= 0.6 is 11.8 Å². The Hall–Kier alpha value is -3.21. The number of anilines is 1. The van der Waals surface area contributed by atoms with Gasteiger partial charge in [-0.2, -0.15) is 0 Å². The second-order valence-corrected chi connectivity index (χ2v) is 7.50. The number of hydrogen-bond acceptors (Lipinski definition) is 8. The average Bonchev–Trinajstić information content (AvgIpc) is 3.05. The predicted octanol–water partition coefficient (Wildman–Crippen LogP) is 0.220. The number of pyridine rings is 1. The van der Waals surface area contributed by atoms with Crippen molar-refractivity contribution >= 4 is 23.4 Å². The molecule has 0 unspecified atom stereocenters. The first-order valence-electron chi connectivity index (χ1n) is 8.30. The number of aromatic nitrogens is 6. The third-order valence-corrected chi connectivity index (χ3v) is 5.52. The van der Waals surface area contributed by atoms with Gasteiger partial charge in [0.25, 0.3) is 5.56 Å². The molecule has 2 N–H and O–H groups in total. The minimum absolute atomic E-state index is 0.152. The summed E-state index contributed by atoms with van der Waals surface area (Å²) in [6, 6.07) is 3.61. The number of nitrogen functional groups attached to an aromatic ring is 1. The van der Waals surface area contributed by atoms with E-state index in [1.807, 2.05) is 12.1 Å². The molecule has 11 heteroatoms. The van der Waals surface area contributed by atoms with Crippen molar-refractivity contribution < 1.29 is 4.79 Å². The summed E-state index contributed by atoms with van der Waals surface area (Å²) >= 11 is 1.16.